The number of ether oxygens (including phenoxy) is 1. The van der Waals surface area contributed by atoms with Crippen molar-refractivity contribution in [3.63, 3.8) is 0 Å². The van der Waals surface area contributed by atoms with E-state index >= 15 is 0 Å². The van der Waals surface area contributed by atoms with E-state index in [4.69, 9.17) is 4.74 Å². The Labute approximate surface area is 181 Å². The van der Waals surface area contributed by atoms with E-state index in [2.05, 4.69) is 40.3 Å². The van der Waals surface area contributed by atoms with Crippen LogP contribution in [0.4, 0.5) is 10.5 Å². The number of carbonyl (C=O) groups excluding carboxylic acids is 1. The van der Waals surface area contributed by atoms with Crippen LogP contribution in [0.15, 0.2) is 30.5 Å². The van der Waals surface area contributed by atoms with E-state index in [1.807, 2.05) is 46.9 Å². The molecule has 2 aromatic rings. The van der Waals surface area contributed by atoms with Crippen molar-refractivity contribution < 1.29 is 9.53 Å². The highest BCUT2D eigenvalue weighted by Gasteiger charge is 2.38. The summed E-state index contributed by atoms with van der Waals surface area (Å²) in [6, 6.07) is 8.62. The maximum atomic E-state index is 12.4. The van der Waals surface area contributed by atoms with Crippen LogP contribution in [0.2, 0.25) is 0 Å². The Morgan fingerprint density at radius 2 is 1.87 bits per heavy atom. The van der Waals surface area contributed by atoms with Crippen LogP contribution in [0.25, 0.3) is 10.9 Å². The lowest BCUT2D eigenvalue weighted by molar-refractivity contribution is 0.0492. The molecule has 2 atom stereocenters. The van der Waals surface area contributed by atoms with E-state index < -0.39 is 5.60 Å². The van der Waals surface area contributed by atoms with Gasteiger partial charge in [0, 0.05) is 30.4 Å². The number of aromatic nitrogens is 1. The fourth-order valence-corrected chi connectivity index (χ4v) is 4.40. The van der Waals surface area contributed by atoms with Crippen molar-refractivity contribution in [1.29, 1.82) is 0 Å². The highest BCUT2D eigenvalue weighted by molar-refractivity contribution is 5.93. The average Bonchev–Trinajstić information content (AvgIpc) is 3.54. The number of anilines is 1. The third kappa shape index (κ3) is 5.44. The number of hydrogen-bond acceptors (Lipinski definition) is 4. The molecule has 2 heterocycles. The number of nitrogens with one attached hydrogen (secondary N) is 1. The first-order valence-electron chi connectivity index (χ1n) is 11.4. The number of piperidine rings is 1. The number of amides is 1. The Morgan fingerprint density at radius 1 is 1.13 bits per heavy atom. The molecule has 2 aliphatic rings. The number of carbonyl (C=O) groups is 1. The van der Waals surface area contributed by atoms with E-state index in [1.54, 1.807) is 0 Å². The molecule has 5 nitrogen and oxygen atoms in total. The summed E-state index contributed by atoms with van der Waals surface area (Å²) in [6.45, 7) is 13.7. The lowest BCUT2D eigenvalue weighted by atomic mass is 9.89. The van der Waals surface area contributed by atoms with Gasteiger partial charge < -0.3 is 15.0 Å². The van der Waals surface area contributed by atoms with Crippen molar-refractivity contribution in [2.75, 3.05) is 18.0 Å². The van der Waals surface area contributed by atoms with Crippen LogP contribution in [0.5, 0.6) is 0 Å². The smallest absolute Gasteiger partial charge is 0.407 e. The number of rotatable bonds is 3. The first kappa shape index (κ1) is 22.4. The molecular weight excluding hydrogens is 374 g/mol. The average molecular weight is 412 g/mol. The predicted octanol–water partition coefficient (Wildman–Crippen LogP) is 5.70. The molecule has 0 spiro atoms. The minimum absolute atomic E-state index is 0.0993. The molecule has 1 aromatic carbocycles. The Hall–Kier alpha value is -2.30. The van der Waals surface area contributed by atoms with Crippen LogP contribution in [0, 0.1) is 18.8 Å². The third-order valence-corrected chi connectivity index (χ3v) is 5.78. The van der Waals surface area contributed by atoms with Gasteiger partial charge in [0.2, 0.25) is 0 Å². The molecule has 1 N–H and O–H groups in total. The van der Waals surface area contributed by atoms with Crippen LogP contribution >= 0.6 is 0 Å². The van der Waals surface area contributed by atoms with Crippen LogP contribution in [0.3, 0.4) is 0 Å². The van der Waals surface area contributed by atoms with Gasteiger partial charge in [-0.25, -0.2) is 4.79 Å². The molecule has 2 fully saturated rings. The first-order chi connectivity index (χ1) is 14.3. The molecule has 30 heavy (non-hydrogen) atoms. The van der Waals surface area contributed by atoms with E-state index in [1.165, 1.54) is 29.5 Å². The summed E-state index contributed by atoms with van der Waals surface area (Å²) in [4.78, 5) is 19.4. The summed E-state index contributed by atoms with van der Waals surface area (Å²) in [7, 11) is 0. The molecular formula is C25H37N3O2. The minimum atomic E-state index is -0.479. The second-order valence-electron chi connectivity index (χ2n) is 9.38. The maximum absolute atomic E-state index is 12.4. The molecule has 1 aromatic heterocycles. The van der Waals surface area contributed by atoms with E-state index in [9.17, 15) is 4.79 Å². The van der Waals surface area contributed by atoms with Gasteiger partial charge in [0.1, 0.15) is 5.60 Å². The molecule has 4 rings (SSSR count). The van der Waals surface area contributed by atoms with Crippen molar-refractivity contribution in [3.05, 3.63) is 36.0 Å². The number of benzene rings is 1. The van der Waals surface area contributed by atoms with Crippen molar-refractivity contribution >= 4 is 22.7 Å². The molecule has 1 saturated carbocycles. The van der Waals surface area contributed by atoms with Gasteiger partial charge in [0.25, 0.3) is 0 Å². The van der Waals surface area contributed by atoms with Gasteiger partial charge in [0.05, 0.1) is 11.6 Å². The van der Waals surface area contributed by atoms with Gasteiger partial charge in [-0.2, -0.15) is 0 Å². The van der Waals surface area contributed by atoms with Gasteiger partial charge in [-0.1, -0.05) is 19.9 Å². The third-order valence-electron chi connectivity index (χ3n) is 5.78. The quantitative estimate of drug-likeness (QED) is 0.704. The zero-order valence-corrected chi connectivity index (χ0v) is 19.4. The Balaban J connectivity index is 0.00000124. The Kier molecular flexibility index (Phi) is 6.89. The van der Waals surface area contributed by atoms with Gasteiger partial charge in [-0.3, -0.25) is 4.98 Å². The molecule has 5 heteroatoms. The first-order valence-corrected chi connectivity index (χ1v) is 11.4. The number of fused-ring (bicyclic) bond motifs is 1. The zero-order chi connectivity index (χ0) is 21.9. The van der Waals surface area contributed by atoms with Crippen molar-refractivity contribution in [3.8, 4) is 0 Å². The highest BCUT2D eigenvalue weighted by atomic mass is 16.6. The summed E-state index contributed by atoms with van der Waals surface area (Å²) in [5.41, 5.74) is 2.99. The Morgan fingerprint density at radius 3 is 2.53 bits per heavy atom. The lowest BCUT2D eigenvalue weighted by Crippen LogP contribution is -2.52. The SMILES string of the molecule is CC.Cc1ccc(N2CC(NC(=O)OC(C)(C)C)CC(C3CC3)C2)c2cccnc12. The summed E-state index contributed by atoms with van der Waals surface area (Å²) in [5.74, 6) is 1.40. The van der Waals surface area contributed by atoms with Crippen LogP contribution < -0.4 is 10.2 Å². The molecule has 1 aliphatic carbocycles. The highest BCUT2D eigenvalue weighted by Crippen LogP contribution is 2.42. The van der Waals surface area contributed by atoms with E-state index in [-0.39, 0.29) is 12.1 Å². The molecule has 2 unspecified atom stereocenters. The summed E-state index contributed by atoms with van der Waals surface area (Å²) in [6.07, 6.45) is 5.20. The molecule has 164 valence electrons. The number of alkyl carbamates (subject to hydrolysis) is 1. The second kappa shape index (κ2) is 9.23. The summed E-state index contributed by atoms with van der Waals surface area (Å²) in [5, 5.41) is 4.32. The number of hydrogen-bond donors (Lipinski definition) is 1. The largest absolute Gasteiger partial charge is 0.444 e. The zero-order valence-electron chi connectivity index (χ0n) is 19.4. The summed E-state index contributed by atoms with van der Waals surface area (Å²) < 4.78 is 5.50. The van der Waals surface area contributed by atoms with Crippen LogP contribution in [-0.4, -0.2) is 35.8 Å². The number of nitrogens with zero attached hydrogens (tertiary/aromatic N) is 2. The molecule has 0 bridgehead atoms. The van der Waals surface area contributed by atoms with Gasteiger partial charge in [-0.15, -0.1) is 0 Å². The lowest BCUT2D eigenvalue weighted by Gasteiger charge is -2.40. The molecule has 0 radical (unpaired) electrons. The topological polar surface area (TPSA) is 54.5 Å². The molecule has 1 amide bonds. The number of aryl methyl sites for hydroxylation is 1. The monoisotopic (exact) mass is 411 g/mol. The van der Waals surface area contributed by atoms with E-state index in [0.29, 0.717) is 5.92 Å². The van der Waals surface area contributed by atoms with Gasteiger partial charge in [0.15, 0.2) is 0 Å². The van der Waals surface area contributed by atoms with Gasteiger partial charge >= 0.3 is 6.09 Å². The fourth-order valence-electron chi connectivity index (χ4n) is 4.40. The molecule has 1 aliphatic heterocycles. The maximum Gasteiger partial charge on any atom is 0.407 e. The second-order valence-corrected chi connectivity index (χ2v) is 9.38. The minimum Gasteiger partial charge on any atom is -0.444 e. The van der Waals surface area contributed by atoms with Gasteiger partial charge in [-0.05, 0) is 82.6 Å². The fraction of sp³-hybridized carbons (Fsp3) is 0.600. The predicted molar refractivity (Wildman–Crippen MR) is 124 cm³/mol. The standard InChI is InChI=1S/C23H31N3O2.C2H6/c1-15-7-10-20(19-6-5-11-24-21(15)19)26-13-17(16-8-9-16)12-18(14-26)25-22(27)28-23(2,3)4;1-2/h5-7,10-11,16-18H,8-9,12-14H2,1-4H3,(H,25,27);1-2H3. The normalized spacial score (nSPS) is 21.6. The van der Waals surface area contributed by atoms with Crippen molar-refractivity contribution in [1.82, 2.24) is 10.3 Å². The van der Waals surface area contributed by atoms with E-state index in [0.717, 1.165) is 30.9 Å². The Bertz CT molecular complexity index is 870. The van der Waals surface area contributed by atoms with Crippen LogP contribution in [0.1, 0.15) is 59.4 Å². The van der Waals surface area contributed by atoms with Crippen LogP contribution in [-0.2, 0) is 4.74 Å². The molecule has 1 saturated heterocycles. The summed E-state index contributed by atoms with van der Waals surface area (Å²) >= 11 is 0. The van der Waals surface area contributed by atoms with Crippen molar-refractivity contribution in [2.45, 2.75) is 72.4 Å². The van der Waals surface area contributed by atoms with Crippen molar-refractivity contribution in [2.24, 2.45) is 11.8 Å². The number of pyridine rings is 1.